The van der Waals surface area contributed by atoms with Crippen molar-refractivity contribution in [1.29, 1.82) is 0 Å². The summed E-state index contributed by atoms with van der Waals surface area (Å²) >= 11 is 0. The molecular formula is C9H21N3O6. The number of ether oxygens (including phenoxy) is 3. The molecule has 0 aromatic rings. The molecule has 6 N–H and O–H groups in total. The first-order valence-corrected chi connectivity index (χ1v) is 5.72. The summed E-state index contributed by atoms with van der Waals surface area (Å²) < 4.78 is 14.1. The lowest BCUT2D eigenvalue weighted by Gasteiger charge is -1.99. The summed E-state index contributed by atoms with van der Waals surface area (Å²) in [6.45, 7) is 3.79. The Morgan fingerprint density at radius 1 is 1.06 bits per heavy atom. The van der Waals surface area contributed by atoms with Crippen molar-refractivity contribution >= 4 is 0 Å². The zero-order valence-corrected chi connectivity index (χ0v) is 10.1. The van der Waals surface area contributed by atoms with E-state index in [0.29, 0.717) is 25.8 Å². The van der Waals surface area contributed by atoms with Crippen molar-refractivity contribution in [2.75, 3.05) is 39.5 Å². The fourth-order valence-corrected chi connectivity index (χ4v) is 0.847. The number of nitrogens with one attached hydrogen (secondary N) is 1. The fraction of sp³-hybridized carbons (Fsp3) is 1.00. The van der Waals surface area contributed by atoms with Gasteiger partial charge in [0.25, 0.3) is 0 Å². The van der Waals surface area contributed by atoms with E-state index in [1.807, 2.05) is 5.48 Å². The van der Waals surface area contributed by atoms with Gasteiger partial charge in [-0.15, -0.1) is 0 Å². The van der Waals surface area contributed by atoms with Crippen molar-refractivity contribution in [3.63, 3.8) is 0 Å². The van der Waals surface area contributed by atoms with Crippen molar-refractivity contribution in [1.82, 2.24) is 10.7 Å². The average molecular weight is 267 g/mol. The zero-order valence-electron chi connectivity index (χ0n) is 10.1. The molecule has 0 aromatic heterocycles. The molecule has 0 aromatic carbocycles. The van der Waals surface area contributed by atoms with E-state index in [4.69, 9.17) is 30.8 Å². The van der Waals surface area contributed by atoms with Crippen molar-refractivity contribution in [3.8, 4) is 0 Å². The number of hydroxylamine groups is 3. The number of nitrogens with zero attached hydrogens (tertiary/aromatic N) is 1. The van der Waals surface area contributed by atoms with Crippen LogP contribution in [0.1, 0.15) is 0 Å². The van der Waals surface area contributed by atoms with Crippen molar-refractivity contribution in [2.45, 2.75) is 18.3 Å². The Hall–Kier alpha value is -0.360. The second kappa shape index (κ2) is 8.69. The lowest BCUT2D eigenvalue weighted by molar-refractivity contribution is -0.307. The van der Waals surface area contributed by atoms with E-state index in [9.17, 15) is 0 Å². The van der Waals surface area contributed by atoms with Gasteiger partial charge < -0.3 is 25.2 Å². The van der Waals surface area contributed by atoms with Crippen LogP contribution in [0.4, 0.5) is 0 Å². The highest BCUT2D eigenvalue weighted by Crippen LogP contribution is 2.07. The Balaban J connectivity index is 0.000000137. The van der Waals surface area contributed by atoms with Gasteiger partial charge in [0.2, 0.25) is 0 Å². The molecule has 0 spiro atoms. The van der Waals surface area contributed by atoms with Gasteiger partial charge in [0.1, 0.15) is 0 Å². The van der Waals surface area contributed by atoms with Crippen LogP contribution < -0.4 is 11.2 Å². The Morgan fingerprint density at radius 3 is 1.67 bits per heavy atom. The van der Waals surface area contributed by atoms with Gasteiger partial charge in [-0.2, -0.15) is 0 Å². The molecule has 3 saturated heterocycles. The predicted octanol–water partition coefficient (Wildman–Crippen LogP) is -1.83. The Labute approximate surface area is 105 Å². The van der Waals surface area contributed by atoms with Crippen LogP contribution in [0.3, 0.4) is 0 Å². The third-order valence-electron chi connectivity index (χ3n) is 2.16. The second-order valence-electron chi connectivity index (χ2n) is 4.02. The van der Waals surface area contributed by atoms with Gasteiger partial charge in [0.15, 0.2) is 0 Å². The van der Waals surface area contributed by atoms with Crippen LogP contribution in [0.15, 0.2) is 0 Å². The number of epoxide rings is 3. The van der Waals surface area contributed by atoms with E-state index in [1.54, 1.807) is 0 Å². The molecule has 108 valence electrons. The molecule has 9 nitrogen and oxygen atoms in total. The highest BCUT2D eigenvalue weighted by Gasteiger charge is 2.24. The quantitative estimate of drug-likeness (QED) is 0.287. The predicted molar refractivity (Wildman–Crippen MR) is 58.3 cm³/mol. The highest BCUT2D eigenvalue weighted by atomic mass is 16.8. The molecule has 0 aliphatic carbocycles. The third kappa shape index (κ3) is 10.8. The molecule has 3 aliphatic heterocycles. The van der Waals surface area contributed by atoms with E-state index >= 15 is 0 Å². The van der Waals surface area contributed by atoms with Gasteiger partial charge in [-0.3, -0.25) is 10.4 Å². The molecule has 9 heteroatoms. The average Bonchev–Trinajstić information content (AvgIpc) is 3.10. The number of nitrogens with two attached hydrogens (primary N) is 1. The first-order chi connectivity index (χ1) is 8.65. The van der Waals surface area contributed by atoms with E-state index in [-0.39, 0.29) is 24.0 Å². The molecule has 3 rings (SSSR count). The van der Waals surface area contributed by atoms with Crippen molar-refractivity contribution in [2.24, 2.45) is 5.73 Å². The van der Waals surface area contributed by atoms with E-state index in [2.05, 4.69) is 4.74 Å². The summed E-state index contributed by atoms with van der Waals surface area (Å²) in [7, 11) is 0. The van der Waals surface area contributed by atoms with Gasteiger partial charge in [0, 0.05) is 13.1 Å². The molecule has 3 aliphatic rings. The van der Waals surface area contributed by atoms with Crippen molar-refractivity contribution in [3.05, 3.63) is 0 Å². The maximum absolute atomic E-state index is 8.07. The maximum atomic E-state index is 8.07. The minimum atomic E-state index is 0.0509. The van der Waals surface area contributed by atoms with Crippen LogP contribution in [0.25, 0.3) is 0 Å². The van der Waals surface area contributed by atoms with Crippen LogP contribution in [-0.2, 0) is 14.2 Å². The Morgan fingerprint density at radius 2 is 1.56 bits per heavy atom. The topological polar surface area (TPSA) is 140 Å². The standard InChI is InChI=1S/C3H7NO3.C3H7NO2.C3H7NO/c5-4(6)1-3-2-7-3;5-4-1-3-2-6-3;4-1-3-2-5-3/h3,5-6H,1-2H2;3-5H,1-2H2;3H,1-2,4H2. The molecule has 0 saturated carbocycles. The van der Waals surface area contributed by atoms with Gasteiger partial charge in [-0.25, -0.2) is 5.48 Å². The lowest BCUT2D eigenvalue weighted by Crippen LogP contribution is -2.19. The molecule has 3 fully saturated rings. The summed E-state index contributed by atoms with van der Waals surface area (Å²) in [5.41, 5.74) is 7.11. The molecule has 3 unspecified atom stereocenters. The normalized spacial score (nSPS) is 30.8. The molecule has 3 heterocycles. The molecule has 3 atom stereocenters. The highest BCUT2D eigenvalue weighted by molar-refractivity contribution is 4.69. The Kier molecular flexibility index (Phi) is 7.58. The lowest BCUT2D eigenvalue weighted by atomic mass is 10.5. The second-order valence-corrected chi connectivity index (χ2v) is 4.02. The molecule has 18 heavy (non-hydrogen) atoms. The number of rotatable bonds is 5. The van der Waals surface area contributed by atoms with E-state index in [1.165, 1.54) is 0 Å². The summed E-state index contributed by atoms with van der Waals surface area (Å²) in [5.74, 6) is 0. The maximum Gasteiger partial charge on any atom is 0.0984 e. The first-order valence-electron chi connectivity index (χ1n) is 5.72. The minimum absolute atomic E-state index is 0.0509. The molecule has 0 amide bonds. The summed E-state index contributed by atoms with van der Waals surface area (Å²) in [6.07, 6.45) is 0.750. The molecule has 0 radical (unpaired) electrons. The van der Waals surface area contributed by atoms with Crippen LogP contribution in [-0.4, -0.2) is 78.6 Å². The summed E-state index contributed by atoms with van der Waals surface area (Å²) in [6, 6.07) is 0. The van der Waals surface area contributed by atoms with Crippen LogP contribution >= 0.6 is 0 Å². The largest absolute Gasteiger partial charge is 0.372 e. The molecule has 0 bridgehead atoms. The monoisotopic (exact) mass is 267 g/mol. The fourth-order valence-electron chi connectivity index (χ4n) is 0.847. The first kappa shape index (κ1) is 15.7. The van der Waals surface area contributed by atoms with E-state index < -0.39 is 0 Å². The third-order valence-corrected chi connectivity index (χ3v) is 2.16. The SMILES string of the molecule is NCC1CO1.ON(O)CC1CO1.ONCC1CO1. The van der Waals surface area contributed by atoms with Crippen molar-refractivity contribution < 1.29 is 29.8 Å². The smallest absolute Gasteiger partial charge is 0.0984 e. The van der Waals surface area contributed by atoms with E-state index in [0.717, 1.165) is 13.2 Å². The minimum Gasteiger partial charge on any atom is -0.372 e. The number of hydrogen-bond acceptors (Lipinski definition) is 9. The summed E-state index contributed by atoms with van der Waals surface area (Å²) in [5, 5.41) is 24.2. The van der Waals surface area contributed by atoms with Crippen LogP contribution in [0, 0.1) is 0 Å². The Bertz CT molecular complexity index is 208. The van der Waals surface area contributed by atoms with Gasteiger partial charge >= 0.3 is 0 Å². The van der Waals surface area contributed by atoms with Gasteiger partial charge in [-0.05, 0) is 0 Å². The van der Waals surface area contributed by atoms with Gasteiger partial charge in [-0.1, -0.05) is 5.23 Å². The van der Waals surface area contributed by atoms with Crippen LogP contribution in [0.5, 0.6) is 0 Å². The number of hydrogen-bond donors (Lipinski definition) is 5. The van der Waals surface area contributed by atoms with Gasteiger partial charge in [0.05, 0.1) is 44.7 Å². The summed E-state index contributed by atoms with van der Waals surface area (Å²) in [4.78, 5) is 0. The zero-order chi connectivity index (χ0) is 13.4. The molecular weight excluding hydrogens is 246 g/mol. The van der Waals surface area contributed by atoms with Crippen LogP contribution in [0.2, 0.25) is 0 Å².